The summed E-state index contributed by atoms with van der Waals surface area (Å²) >= 11 is 0. The third-order valence-electron chi connectivity index (χ3n) is 4.48. The number of amidine groups is 1. The molecule has 2 aliphatic heterocycles. The fraction of sp³-hybridized carbons (Fsp3) is 0.318. The van der Waals surface area contributed by atoms with E-state index in [2.05, 4.69) is 21.5 Å². The number of anilines is 2. The van der Waals surface area contributed by atoms with E-state index in [1.807, 2.05) is 36.4 Å². The SMILES string of the molecule is C#Cc1cccc(NC2=NCNc3cc4c(cc32)OCCOCCOCCO4)c1. The second kappa shape index (κ2) is 9.32. The van der Waals surface area contributed by atoms with Gasteiger partial charge in [0.25, 0.3) is 0 Å². The Morgan fingerprint density at radius 3 is 2.41 bits per heavy atom. The Bertz CT molecular complexity index is 936. The molecule has 2 N–H and O–H groups in total. The van der Waals surface area contributed by atoms with E-state index >= 15 is 0 Å². The second-order valence-corrected chi connectivity index (χ2v) is 6.46. The van der Waals surface area contributed by atoms with Crippen LogP contribution in [0.2, 0.25) is 0 Å². The van der Waals surface area contributed by atoms with Crippen molar-refractivity contribution in [2.45, 2.75) is 0 Å². The molecule has 0 amide bonds. The Balaban J connectivity index is 1.60. The molecule has 2 aliphatic rings. The molecule has 0 aliphatic carbocycles. The number of fused-ring (bicyclic) bond motifs is 2. The fourth-order valence-corrected chi connectivity index (χ4v) is 3.09. The zero-order chi connectivity index (χ0) is 19.9. The normalized spacial score (nSPS) is 16.7. The quantitative estimate of drug-likeness (QED) is 0.726. The van der Waals surface area contributed by atoms with Crippen LogP contribution in [0, 0.1) is 12.3 Å². The molecule has 29 heavy (non-hydrogen) atoms. The van der Waals surface area contributed by atoms with Gasteiger partial charge in [-0.15, -0.1) is 6.42 Å². The monoisotopic (exact) mass is 393 g/mol. The maximum absolute atomic E-state index is 5.93. The molecule has 2 aromatic rings. The lowest BCUT2D eigenvalue weighted by molar-refractivity contribution is 0.0223. The number of aliphatic imine (C=N–C) groups is 1. The van der Waals surface area contributed by atoms with Crippen LogP contribution in [0.4, 0.5) is 11.4 Å². The third kappa shape index (κ3) is 4.80. The minimum Gasteiger partial charge on any atom is -0.487 e. The van der Waals surface area contributed by atoms with Gasteiger partial charge in [-0.1, -0.05) is 12.0 Å². The number of nitrogens with one attached hydrogen (secondary N) is 2. The zero-order valence-electron chi connectivity index (χ0n) is 16.1. The predicted octanol–water partition coefficient (Wildman–Crippen LogP) is 2.71. The number of rotatable bonds is 1. The minimum absolute atomic E-state index is 0.423. The summed E-state index contributed by atoms with van der Waals surface area (Å²) in [7, 11) is 0. The van der Waals surface area contributed by atoms with Gasteiger partial charge < -0.3 is 29.6 Å². The van der Waals surface area contributed by atoms with Crippen molar-refractivity contribution in [2.24, 2.45) is 4.99 Å². The van der Waals surface area contributed by atoms with Gasteiger partial charge in [-0.25, -0.2) is 4.99 Å². The molecule has 0 saturated carbocycles. The molecule has 7 nitrogen and oxygen atoms in total. The van der Waals surface area contributed by atoms with E-state index in [0.29, 0.717) is 57.8 Å². The van der Waals surface area contributed by atoms with Crippen LogP contribution in [-0.2, 0) is 9.47 Å². The van der Waals surface area contributed by atoms with E-state index < -0.39 is 0 Å². The lowest BCUT2D eigenvalue weighted by Crippen LogP contribution is -2.23. The van der Waals surface area contributed by atoms with Crippen LogP contribution >= 0.6 is 0 Å². The van der Waals surface area contributed by atoms with E-state index in [4.69, 9.17) is 25.4 Å². The first kappa shape index (κ1) is 19.1. The summed E-state index contributed by atoms with van der Waals surface area (Å²) in [5.41, 5.74) is 3.50. The first-order valence-corrected chi connectivity index (χ1v) is 9.55. The highest BCUT2D eigenvalue weighted by Crippen LogP contribution is 2.35. The largest absolute Gasteiger partial charge is 0.487 e. The summed E-state index contributed by atoms with van der Waals surface area (Å²) in [6, 6.07) is 11.5. The summed E-state index contributed by atoms with van der Waals surface area (Å²) in [6.07, 6.45) is 5.51. The molecule has 0 unspecified atom stereocenters. The summed E-state index contributed by atoms with van der Waals surface area (Å²) in [4.78, 5) is 4.58. The highest BCUT2D eigenvalue weighted by molar-refractivity contribution is 6.13. The number of hydrogen-bond donors (Lipinski definition) is 2. The number of ether oxygens (including phenoxy) is 4. The Morgan fingerprint density at radius 1 is 0.931 bits per heavy atom. The van der Waals surface area contributed by atoms with Crippen LogP contribution in [0.3, 0.4) is 0 Å². The van der Waals surface area contributed by atoms with Crippen molar-refractivity contribution < 1.29 is 18.9 Å². The van der Waals surface area contributed by atoms with Gasteiger partial charge in [0.1, 0.15) is 25.7 Å². The van der Waals surface area contributed by atoms with Gasteiger partial charge in [0.2, 0.25) is 0 Å². The van der Waals surface area contributed by atoms with Gasteiger partial charge in [-0.05, 0) is 24.3 Å². The molecule has 0 spiro atoms. The van der Waals surface area contributed by atoms with E-state index in [1.54, 1.807) is 0 Å². The van der Waals surface area contributed by atoms with Crippen molar-refractivity contribution in [2.75, 3.05) is 56.9 Å². The van der Waals surface area contributed by atoms with Crippen LogP contribution in [-0.4, -0.2) is 52.1 Å². The maximum atomic E-state index is 5.93. The molecule has 2 heterocycles. The molecule has 0 radical (unpaired) electrons. The second-order valence-electron chi connectivity index (χ2n) is 6.46. The molecular weight excluding hydrogens is 370 g/mol. The molecule has 0 aromatic heterocycles. The molecule has 0 bridgehead atoms. The highest BCUT2D eigenvalue weighted by atomic mass is 16.6. The average Bonchev–Trinajstić information content (AvgIpc) is 2.74. The van der Waals surface area contributed by atoms with Gasteiger partial charge in [-0.3, -0.25) is 0 Å². The van der Waals surface area contributed by atoms with Crippen molar-refractivity contribution in [3.05, 3.63) is 47.5 Å². The first-order chi connectivity index (χ1) is 14.3. The van der Waals surface area contributed by atoms with Crippen LogP contribution in [0.15, 0.2) is 41.4 Å². The number of terminal acetylenes is 1. The fourth-order valence-electron chi connectivity index (χ4n) is 3.09. The van der Waals surface area contributed by atoms with Crippen molar-refractivity contribution in [3.8, 4) is 23.8 Å². The summed E-state index contributed by atoms with van der Waals surface area (Å²) in [5.74, 6) is 4.69. The topological polar surface area (TPSA) is 73.3 Å². The van der Waals surface area contributed by atoms with Gasteiger partial charge in [0, 0.05) is 22.9 Å². The Morgan fingerprint density at radius 2 is 1.66 bits per heavy atom. The van der Waals surface area contributed by atoms with Crippen molar-refractivity contribution >= 4 is 17.2 Å². The van der Waals surface area contributed by atoms with E-state index in [1.165, 1.54) is 0 Å². The zero-order valence-corrected chi connectivity index (χ0v) is 16.1. The standard InChI is InChI=1S/C22H23N3O4/c1-2-16-4-3-5-17(12-16)25-22-18-13-20-21(14-19(18)23-15-24-22)29-11-9-27-7-6-26-8-10-28-20/h1,3-5,12-14,23H,6-11,15H2,(H,24,25). The Hall–Kier alpha value is -3.21. The smallest absolute Gasteiger partial charge is 0.163 e. The van der Waals surface area contributed by atoms with E-state index in [9.17, 15) is 0 Å². The van der Waals surface area contributed by atoms with Crippen molar-refractivity contribution in [1.82, 2.24) is 0 Å². The molecule has 0 saturated heterocycles. The summed E-state index contributed by atoms with van der Waals surface area (Å²) in [6.45, 7) is 3.39. The number of nitrogens with zero attached hydrogens (tertiary/aromatic N) is 1. The summed E-state index contributed by atoms with van der Waals surface area (Å²) in [5, 5.41) is 6.65. The van der Waals surface area contributed by atoms with E-state index in [-0.39, 0.29) is 0 Å². The molecule has 0 fully saturated rings. The van der Waals surface area contributed by atoms with Crippen molar-refractivity contribution in [3.63, 3.8) is 0 Å². The average molecular weight is 393 g/mol. The Labute approximate surface area is 170 Å². The van der Waals surface area contributed by atoms with Crippen LogP contribution in [0.25, 0.3) is 0 Å². The molecule has 2 aromatic carbocycles. The van der Waals surface area contributed by atoms with Crippen LogP contribution in [0.1, 0.15) is 11.1 Å². The Kier molecular flexibility index (Phi) is 6.15. The van der Waals surface area contributed by atoms with Gasteiger partial charge in [-0.2, -0.15) is 0 Å². The van der Waals surface area contributed by atoms with Crippen LogP contribution < -0.4 is 20.1 Å². The van der Waals surface area contributed by atoms with E-state index in [0.717, 1.165) is 28.3 Å². The molecule has 0 atom stereocenters. The van der Waals surface area contributed by atoms with Gasteiger partial charge in [0.05, 0.1) is 32.1 Å². The van der Waals surface area contributed by atoms with Crippen molar-refractivity contribution in [1.29, 1.82) is 0 Å². The lowest BCUT2D eigenvalue weighted by atomic mass is 10.1. The van der Waals surface area contributed by atoms with Gasteiger partial charge in [0.15, 0.2) is 11.5 Å². The molecular formula is C22H23N3O4. The first-order valence-electron chi connectivity index (χ1n) is 9.55. The highest BCUT2D eigenvalue weighted by Gasteiger charge is 2.19. The molecule has 7 heteroatoms. The minimum atomic E-state index is 0.423. The third-order valence-corrected chi connectivity index (χ3v) is 4.48. The molecule has 4 rings (SSSR count). The maximum Gasteiger partial charge on any atom is 0.163 e. The predicted molar refractivity (Wildman–Crippen MR) is 112 cm³/mol. The van der Waals surface area contributed by atoms with Gasteiger partial charge >= 0.3 is 0 Å². The summed E-state index contributed by atoms with van der Waals surface area (Å²) < 4.78 is 22.8. The van der Waals surface area contributed by atoms with Crippen LogP contribution in [0.5, 0.6) is 11.5 Å². The lowest BCUT2D eigenvalue weighted by Gasteiger charge is -2.23. The number of benzene rings is 2. The molecule has 150 valence electrons. The number of hydrogen-bond acceptors (Lipinski definition) is 7.